The Kier molecular flexibility index (Phi) is 5.91. The van der Waals surface area contributed by atoms with Gasteiger partial charge in [0.1, 0.15) is 5.75 Å². The summed E-state index contributed by atoms with van der Waals surface area (Å²) in [6, 6.07) is 18.7. The summed E-state index contributed by atoms with van der Waals surface area (Å²) in [5, 5.41) is 12.8. The zero-order chi connectivity index (χ0) is 22.0. The van der Waals surface area contributed by atoms with Crippen molar-refractivity contribution >= 4 is 0 Å². The molecule has 2 aromatic carbocycles. The summed E-state index contributed by atoms with van der Waals surface area (Å²) in [7, 11) is 1.67. The third kappa shape index (κ3) is 4.39. The molecule has 0 aliphatic carbocycles. The minimum absolute atomic E-state index is 0.171. The van der Waals surface area contributed by atoms with Crippen molar-refractivity contribution in [2.45, 2.75) is 40.3 Å². The van der Waals surface area contributed by atoms with E-state index in [0.717, 1.165) is 40.8 Å². The first-order chi connectivity index (χ1) is 15.0. The van der Waals surface area contributed by atoms with Gasteiger partial charge >= 0.3 is 0 Å². The van der Waals surface area contributed by atoms with E-state index in [0.29, 0.717) is 0 Å². The number of hydrogen-bond acceptors (Lipinski definition) is 4. The SMILES string of the molecule is COc1ccc(-n2ncc(C(C)NCc3cccc(-n4nc(C)cc4C)c3)c2C)cc1. The van der Waals surface area contributed by atoms with E-state index in [1.807, 2.05) is 46.7 Å². The van der Waals surface area contributed by atoms with Crippen molar-refractivity contribution < 1.29 is 4.74 Å². The molecule has 0 spiro atoms. The number of aryl methyl sites for hydroxylation is 2. The van der Waals surface area contributed by atoms with Crippen molar-refractivity contribution in [3.8, 4) is 17.1 Å². The molecule has 0 saturated heterocycles. The van der Waals surface area contributed by atoms with E-state index in [-0.39, 0.29) is 6.04 Å². The summed E-state index contributed by atoms with van der Waals surface area (Å²) in [5.41, 5.74) is 7.80. The molecular weight excluding hydrogens is 386 g/mol. The second kappa shape index (κ2) is 8.78. The Morgan fingerprint density at radius 3 is 2.42 bits per heavy atom. The molecule has 4 rings (SSSR count). The third-order valence-electron chi connectivity index (χ3n) is 5.61. The molecule has 0 fully saturated rings. The lowest BCUT2D eigenvalue weighted by molar-refractivity contribution is 0.414. The first-order valence-corrected chi connectivity index (χ1v) is 10.5. The first-order valence-electron chi connectivity index (χ1n) is 10.5. The van der Waals surface area contributed by atoms with E-state index in [4.69, 9.17) is 4.74 Å². The minimum Gasteiger partial charge on any atom is -0.497 e. The van der Waals surface area contributed by atoms with Gasteiger partial charge in [-0.25, -0.2) is 9.36 Å². The van der Waals surface area contributed by atoms with Crippen LogP contribution in [0.15, 0.2) is 60.8 Å². The summed E-state index contributed by atoms with van der Waals surface area (Å²) in [4.78, 5) is 0. The van der Waals surface area contributed by atoms with Crippen LogP contribution >= 0.6 is 0 Å². The number of aromatic nitrogens is 4. The second-order valence-corrected chi connectivity index (χ2v) is 7.91. The van der Waals surface area contributed by atoms with Crippen molar-refractivity contribution in [1.29, 1.82) is 0 Å². The monoisotopic (exact) mass is 415 g/mol. The average molecular weight is 416 g/mol. The van der Waals surface area contributed by atoms with Gasteiger partial charge in [0, 0.05) is 29.5 Å². The van der Waals surface area contributed by atoms with Crippen molar-refractivity contribution in [2.24, 2.45) is 0 Å². The topological polar surface area (TPSA) is 56.9 Å². The van der Waals surface area contributed by atoms with Gasteiger partial charge in [-0.2, -0.15) is 10.2 Å². The fourth-order valence-electron chi connectivity index (χ4n) is 3.90. The van der Waals surface area contributed by atoms with Crippen LogP contribution in [0.3, 0.4) is 0 Å². The van der Waals surface area contributed by atoms with Crippen LogP contribution in [0.2, 0.25) is 0 Å². The number of hydrogen-bond donors (Lipinski definition) is 1. The lowest BCUT2D eigenvalue weighted by Gasteiger charge is -2.15. The van der Waals surface area contributed by atoms with Gasteiger partial charge in [0.15, 0.2) is 0 Å². The predicted octanol–water partition coefficient (Wildman–Crippen LogP) is 4.84. The predicted molar refractivity (Wildman–Crippen MR) is 123 cm³/mol. The number of methoxy groups -OCH3 is 1. The van der Waals surface area contributed by atoms with Crippen LogP contribution < -0.4 is 10.1 Å². The first kappa shape index (κ1) is 20.9. The quantitative estimate of drug-likeness (QED) is 0.469. The second-order valence-electron chi connectivity index (χ2n) is 7.91. The Labute approximate surface area is 183 Å². The third-order valence-corrected chi connectivity index (χ3v) is 5.61. The summed E-state index contributed by atoms with van der Waals surface area (Å²) in [5.74, 6) is 0.839. The highest BCUT2D eigenvalue weighted by atomic mass is 16.5. The normalized spacial score (nSPS) is 12.2. The molecule has 2 aromatic heterocycles. The fraction of sp³-hybridized carbons (Fsp3) is 0.280. The van der Waals surface area contributed by atoms with E-state index in [1.165, 1.54) is 11.1 Å². The summed E-state index contributed by atoms with van der Waals surface area (Å²) in [6.45, 7) is 9.14. The van der Waals surface area contributed by atoms with Gasteiger partial charge in [-0.05, 0) is 75.7 Å². The molecule has 6 heteroatoms. The zero-order valence-electron chi connectivity index (χ0n) is 18.8. The Balaban J connectivity index is 1.47. The summed E-state index contributed by atoms with van der Waals surface area (Å²) < 4.78 is 9.21. The fourth-order valence-corrected chi connectivity index (χ4v) is 3.90. The van der Waals surface area contributed by atoms with Crippen LogP contribution in [0.4, 0.5) is 0 Å². The van der Waals surface area contributed by atoms with E-state index < -0.39 is 0 Å². The van der Waals surface area contributed by atoms with Crippen molar-refractivity contribution in [3.63, 3.8) is 0 Å². The van der Waals surface area contributed by atoms with E-state index in [2.05, 4.69) is 66.6 Å². The number of ether oxygens (including phenoxy) is 1. The van der Waals surface area contributed by atoms with E-state index in [1.54, 1.807) is 7.11 Å². The molecule has 2 heterocycles. The summed E-state index contributed by atoms with van der Waals surface area (Å²) >= 11 is 0. The number of nitrogens with one attached hydrogen (secondary N) is 1. The smallest absolute Gasteiger partial charge is 0.119 e. The maximum absolute atomic E-state index is 5.25. The molecule has 0 amide bonds. The maximum atomic E-state index is 5.25. The molecule has 0 saturated carbocycles. The average Bonchev–Trinajstić information content (AvgIpc) is 3.33. The summed E-state index contributed by atoms with van der Waals surface area (Å²) in [6.07, 6.45) is 1.95. The Bertz CT molecular complexity index is 1170. The Morgan fingerprint density at radius 1 is 0.968 bits per heavy atom. The highest BCUT2D eigenvalue weighted by Crippen LogP contribution is 2.22. The van der Waals surface area contributed by atoms with Crippen LogP contribution in [0.5, 0.6) is 5.75 Å². The standard InChI is InChI=1S/C25H29N5O/c1-17-13-18(2)29(28-17)23-8-6-7-21(14-23)15-26-19(3)25-16-27-30(20(25)4)22-9-11-24(31-5)12-10-22/h6-14,16,19,26H,15H2,1-5H3. The van der Waals surface area contributed by atoms with Gasteiger partial charge < -0.3 is 10.1 Å². The molecule has 6 nitrogen and oxygen atoms in total. The van der Waals surface area contributed by atoms with Crippen LogP contribution in [0.25, 0.3) is 11.4 Å². The Hall–Kier alpha value is -3.38. The van der Waals surface area contributed by atoms with Crippen LogP contribution in [0.1, 0.15) is 41.2 Å². The van der Waals surface area contributed by atoms with Crippen LogP contribution in [0, 0.1) is 20.8 Å². The van der Waals surface area contributed by atoms with Crippen LogP contribution in [-0.4, -0.2) is 26.7 Å². The molecule has 0 aliphatic heterocycles. The zero-order valence-corrected chi connectivity index (χ0v) is 18.8. The minimum atomic E-state index is 0.171. The number of rotatable bonds is 7. The molecule has 0 aliphatic rings. The highest BCUT2D eigenvalue weighted by molar-refractivity contribution is 5.40. The van der Waals surface area contributed by atoms with Crippen LogP contribution in [-0.2, 0) is 6.54 Å². The molecule has 1 N–H and O–H groups in total. The van der Waals surface area contributed by atoms with Gasteiger partial charge in [-0.1, -0.05) is 12.1 Å². The lowest BCUT2D eigenvalue weighted by Crippen LogP contribution is -2.19. The largest absolute Gasteiger partial charge is 0.497 e. The van der Waals surface area contributed by atoms with Gasteiger partial charge in [-0.15, -0.1) is 0 Å². The highest BCUT2D eigenvalue weighted by Gasteiger charge is 2.14. The lowest BCUT2D eigenvalue weighted by atomic mass is 10.1. The van der Waals surface area contributed by atoms with E-state index >= 15 is 0 Å². The molecule has 1 unspecified atom stereocenters. The van der Waals surface area contributed by atoms with Crippen molar-refractivity contribution in [1.82, 2.24) is 24.9 Å². The number of benzene rings is 2. The van der Waals surface area contributed by atoms with Gasteiger partial charge in [0.25, 0.3) is 0 Å². The molecule has 0 bridgehead atoms. The maximum Gasteiger partial charge on any atom is 0.119 e. The molecule has 160 valence electrons. The molecule has 0 radical (unpaired) electrons. The van der Waals surface area contributed by atoms with Gasteiger partial charge in [0.2, 0.25) is 0 Å². The van der Waals surface area contributed by atoms with E-state index in [9.17, 15) is 0 Å². The molecule has 31 heavy (non-hydrogen) atoms. The Morgan fingerprint density at radius 2 is 1.74 bits per heavy atom. The molecule has 1 atom stereocenters. The van der Waals surface area contributed by atoms with Crippen molar-refractivity contribution in [2.75, 3.05) is 7.11 Å². The van der Waals surface area contributed by atoms with Gasteiger partial charge in [0.05, 0.1) is 30.4 Å². The van der Waals surface area contributed by atoms with Gasteiger partial charge in [-0.3, -0.25) is 0 Å². The molecular formula is C25H29N5O. The van der Waals surface area contributed by atoms with Crippen molar-refractivity contribution in [3.05, 3.63) is 89.0 Å². The molecule has 4 aromatic rings. The number of nitrogens with zero attached hydrogens (tertiary/aromatic N) is 4.